The van der Waals surface area contributed by atoms with Crippen LogP contribution in [0.5, 0.6) is 0 Å². The molecule has 0 spiro atoms. The normalized spacial score (nSPS) is 18.8. The second kappa shape index (κ2) is 7.33. The Morgan fingerprint density at radius 3 is 2.44 bits per heavy atom. The van der Waals surface area contributed by atoms with E-state index in [1.807, 2.05) is 11.9 Å². The molecule has 6 heteroatoms. The Labute approximate surface area is 107 Å². The van der Waals surface area contributed by atoms with Crippen molar-refractivity contribution in [2.45, 2.75) is 19.3 Å². The van der Waals surface area contributed by atoms with Gasteiger partial charge in [-0.15, -0.1) is 0 Å². The Hall–Kier alpha value is -1.14. The van der Waals surface area contributed by atoms with Crippen LogP contribution in [0.25, 0.3) is 0 Å². The molecule has 0 radical (unpaired) electrons. The summed E-state index contributed by atoms with van der Waals surface area (Å²) < 4.78 is 5.26. The topological polar surface area (TPSA) is 87.1 Å². The molecule has 0 saturated carbocycles. The van der Waals surface area contributed by atoms with Gasteiger partial charge in [-0.05, 0) is 25.8 Å². The molecule has 1 heterocycles. The lowest BCUT2D eigenvalue weighted by Gasteiger charge is -2.28. The average Bonchev–Trinajstić information content (AvgIpc) is 2.28. The molecular weight excluding hydrogens is 238 g/mol. The predicted octanol–water partition coefficient (Wildman–Crippen LogP) is 0.520. The van der Waals surface area contributed by atoms with E-state index in [2.05, 4.69) is 0 Å². The zero-order valence-corrected chi connectivity index (χ0v) is 10.7. The first-order valence-electron chi connectivity index (χ1n) is 6.20. The summed E-state index contributed by atoms with van der Waals surface area (Å²) in [7, 11) is 1.84. The summed E-state index contributed by atoms with van der Waals surface area (Å²) in [4.78, 5) is 23.5. The Balaban J connectivity index is 2.37. The number of nitrogens with zero attached hydrogens (tertiary/aromatic N) is 1. The van der Waals surface area contributed by atoms with Gasteiger partial charge in [-0.1, -0.05) is 0 Å². The summed E-state index contributed by atoms with van der Waals surface area (Å²) in [6.45, 7) is 2.59. The van der Waals surface area contributed by atoms with Crippen molar-refractivity contribution in [1.82, 2.24) is 4.90 Å². The number of hydrogen-bond donors (Lipinski definition) is 2. The number of carbonyl (C=O) groups is 2. The van der Waals surface area contributed by atoms with Crippen LogP contribution in [0.2, 0.25) is 0 Å². The Bertz CT molecular complexity index is 288. The van der Waals surface area contributed by atoms with Crippen LogP contribution in [0.4, 0.5) is 0 Å². The van der Waals surface area contributed by atoms with E-state index < -0.39 is 17.9 Å². The Kier molecular flexibility index (Phi) is 6.07. The van der Waals surface area contributed by atoms with E-state index in [9.17, 15) is 9.59 Å². The highest BCUT2D eigenvalue weighted by atomic mass is 16.5. The van der Waals surface area contributed by atoms with Crippen molar-refractivity contribution in [3.8, 4) is 0 Å². The fraction of sp³-hybridized carbons (Fsp3) is 0.833. The second-order valence-electron chi connectivity index (χ2n) is 4.91. The maximum absolute atomic E-state index is 11.0. The van der Waals surface area contributed by atoms with Gasteiger partial charge in [-0.2, -0.15) is 0 Å². The van der Waals surface area contributed by atoms with E-state index in [0.29, 0.717) is 5.92 Å². The quantitative estimate of drug-likeness (QED) is 0.693. The van der Waals surface area contributed by atoms with E-state index >= 15 is 0 Å². The molecule has 0 bridgehead atoms. The van der Waals surface area contributed by atoms with E-state index in [4.69, 9.17) is 14.9 Å². The largest absolute Gasteiger partial charge is 0.481 e. The van der Waals surface area contributed by atoms with Crippen molar-refractivity contribution >= 4 is 11.9 Å². The van der Waals surface area contributed by atoms with Crippen LogP contribution < -0.4 is 0 Å². The van der Waals surface area contributed by atoms with E-state index in [1.54, 1.807) is 0 Å². The summed E-state index contributed by atoms with van der Waals surface area (Å²) in [5.41, 5.74) is 0. The molecule has 0 aliphatic carbocycles. The van der Waals surface area contributed by atoms with Crippen LogP contribution in [-0.2, 0) is 14.3 Å². The van der Waals surface area contributed by atoms with Gasteiger partial charge in [0.05, 0.1) is 12.3 Å². The summed E-state index contributed by atoms with van der Waals surface area (Å²) in [5.74, 6) is -2.44. The van der Waals surface area contributed by atoms with Crippen LogP contribution >= 0.6 is 0 Å². The molecule has 18 heavy (non-hydrogen) atoms. The maximum Gasteiger partial charge on any atom is 0.308 e. The highest BCUT2D eigenvalue weighted by Crippen LogP contribution is 2.16. The fourth-order valence-electron chi connectivity index (χ4n) is 2.26. The molecule has 1 fully saturated rings. The van der Waals surface area contributed by atoms with Gasteiger partial charge in [0.25, 0.3) is 0 Å². The zero-order chi connectivity index (χ0) is 13.5. The molecular formula is C12H21NO5. The van der Waals surface area contributed by atoms with Crippen molar-refractivity contribution in [1.29, 1.82) is 0 Å². The minimum atomic E-state index is -1.07. The third kappa shape index (κ3) is 5.46. The number of carboxylic acids is 2. The second-order valence-corrected chi connectivity index (χ2v) is 4.91. The van der Waals surface area contributed by atoms with Gasteiger partial charge >= 0.3 is 11.9 Å². The van der Waals surface area contributed by atoms with Crippen LogP contribution in [0, 0.1) is 11.8 Å². The monoisotopic (exact) mass is 259 g/mol. The van der Waals surface area contributed by atoms with Gasteiger partial charge in [0, 0.05) is 26.3 Å². The molecule has 1 rings (SSSR count). The third-order valence-electron chi connectivity index (χ3n) is 3.21. The van der Waals surface area contributed by atoms with Gasteiger partial charge in [-0.25, -0.2) is 0 Å². The molecule has 104 valence electrons. The fourth-order valence-corrected chi connectivity index (χ4v) is 2.26. The van der Waals surface area contributed by atoms with Gasteiger partial charge in [-0.3, -0.25) is 9.59 Å². The SMILES string of the molecule is CN(CC1CCOCC1)CC(CC(=O)O)C(=O)O. The van der Waals surface area contributed by atoms with Crippen LogP contribution in [0.1, 0.15) is 19.3 Å². The Morgan fingerprint density at radius 1 is 1.33 bits per heavy atom. The molecule has 0 aromatic heterocycles. The van der Waals surface area contributed by atoms with Crippen molar-refractivity contribution in [2.75, 3.05) is 33.4 Å². The Morgan fingerprint density at radius 2 is 1.94 bits per heavy atom. The lowest BCUT2D eigenvalue weighted by atomic mass is 9.98. The van der Waals surface area contributed by atoms with Crippen molar-refractivity contribution in [3.05, 3.63) is 0 Å². The van der Waals surface area contributed by atoms with E-state index in [0.717, 1.165) is 32.6 Å². The number of ether oxygens (including phenoxy) is 1. The maximum atomic E-state index is 11.0. The highest BCUT2D eigenvalue weighted by Gasteiger charge is 2.24. The van der Waals surface area contributed by atoms with Gasteiger partial charge in [0.1, 0.15) is 0 Å². The molecule has 1 aliphatic rings. The van der Waals surface area contributed by atoms with E-state index in [-0.39, 0.29) is 13.0 Å². The third-order valence-corrected chi connectivity index (χ3v) is 3.21. The lowest BCUT2D eigenvalue weighted by Crippen LogP contribution is -2.36. The van der Waals surface area contributed by atoms with Crippen LogP contribution in [0.3, 0.4) is 0 Å². The molecule has 1 atom stereocenters. The van der Waals surface area contributed by atoms with Gasteiger partial charge < -0.3 is 19.8 Å². The molecule has 0 aromatic rings. The lowest BCUT2D eigenvalue weighted by molar-refractivity contribution is -0.148. The first kappa shape index (κ1) is 14.9. The number of hydrogen-bond acceptors (Lipinski definition) is 4. The smallest absolute Gasteiger partial charge is 0.308 e. The number of carboxylic acid groups (broad SMARTS) is 2. The van der Waals surface area contributed by atoms with E-state index in [1.165, 1.54) is 0 Å². The highest BCUT2D eigenvalue weighted by molar-refractivity contribution is 5.77. The van der Waals surface area contributed by atoms with Gasteiger partial charge in [0.15, 0.2) is 0 Å². The standard InChI is InChI=1S/C12H21NO5/c1-13(7-9-2-4-18-5-3-9)8-10(12(16)17)6-11(14)15/h9-10H,2-8H2,1H3,(H,14,15)(H,16,17). The van der Waals surface area contributed by atoms with Crippen LogP contribution in [0.15, 0.2) is 0 Å². The molecule has 0 aromatic carbocycles. The minimum absolute atomic E-state index is 0.277. The van der Waals surface area contributed by atoms with Crippen molar-refractivity contribution in [3.63, 3.8) is 0 Å². The van der Waals surface area contributed by atoms with Gasteiger partial charge in [0.2, 0.25) is 0 Å². The molecule has 0 amide bonds. The summed E-state index contributed by atoms with van der Waals surface area (Å²) in [5, 5.41) is 17.6. The van der Waals surface area contributed by atoms with Crippen LogP contribution in [-0.4, -0.2) is 60.4 Å². The average molecular weight is 259 g/mol. The van der Waals surface area contributed by atoms with Crippen molar-refractivity contribution in [2.24, 2.45) is 11.8 Å². The molecule has 1 aliphatic heterocycles. The van der Waals surface area contributed by atoms with Crippen molar-refractivity contribution < 1.29 is 24.5 Å². The summed E-state index contributed by atoms with van der Waals surface area (Å²) in [6.07, 6.45) is 1.65. The first-order chi connectivity index (χ1) is 8.49. The molecule has 2 N–H and O–H groups in total. The first-order valence-corrected chi connectivity index (χ1v) is 6.20. The zero-order valence-electron chi connectivity index (χ0n) is 10.7. The summed E-state index contributed by atoms with van der Waals surface area (Å²) >= 11 is 0. The number of rotatable bonds is 7. The summed E-state index contributed by atoms with van der Waals surface area (Å²) in [6, 6.07) is 0. The predicted molar refractivity (Wildman–Crippen MR) is 64.4 cm³/mol. The number of aliphatic carboxylic acids is 2. The molecule has 6 nitrogen and oxygen atoms in total. The minimum Gasteiger partial charge on any atom is -0.481 e. The molecule has 1 saturated heterocycles. The molecule has 1 unspecified atom stereocenters.